The molecule has 0 saturated heterocycles. The summed E-state index contributed by atoms with van der Waals surface area (Å²) in [5.74, 6) is 0.621. The lowest BCUT2D eigenvalue weighted by atomic mass is 10.2. The smallest absolute Gasteiger partial charge is 0.270 e. The van der Waals surface area contributed by atoms with E-state index >= 15 is 0 Å². The van der Waals surface area contributed by atoms with Crippen molar-refractivity contribution in [3.05, 3.63) is 83.6 Å². The van der Waals surface area contributed by atoms with E-state index in [1.165, 1.54) is 11.3 Å². The van der Waals surface area contributed by atoms with Crippen molar-refractivity contribution in [2.45, 2.75) is 6.42 Å². The summed E-state index contributed by atoms with van der Waals surface area (Å²) in [5, 5.41) is 9.89. The van der Waals surface area contributed by atoms with Crippen LogP contribution >= 0.6 is 11.3 Å². The SMILES string of the molecule is COc1ccc(-c2nc(C(=O)NCCc3cnn(-c4ccccc4)c3)cs2)cc1. The Balaban J connectivity index is 1.32. The fraction of sp³-hybridized carbons (Fsp3) is 0.136. The Hall–Kier alpha value is -3.45. The number of rotatable bonds is 7. The summed E-state index contributed by atoms with van der Waals surface area (Å²) in [5.41, 5.74) is 3.46. The molecule has 0 saturated carbocycles. The Morgan fingerprint density at radius 3 is 2.69 bits per heavy atom. The summed E-state index contributed by atoms with van der Waals surface area (Å²) in [6.45, 7) is 0.523. The van der Waals surface area contributed by atoms with E-state index in [9.17, 15) is 4.79 Å². The number of hydrogen-bond acceptors (Lipinski definition) is 5. The van der Waals surface area contributed by atoms with Crippen LogP contribution in [0.5, 0.6) is 5.75 Å². The fourth-order valence-corrected chi connectivity index (χ4v) is 3.67. The second-order valence-electron chi connectivity index (χ2n) is 6.40. The molecule has 2 aromatic carbocycles. The second kappa shape index (κ2) is 8.70. The number of aromatic nitrogens is 3. The highest BCUT2D eigenvalue weighted by Crippen LogP contribution is 2.25. The first kappa shape index (κ1) is 18.9. The molecular weight excluding hydrogens is 384 g/mol. The normalized spacial score (nSPS) is 10.7. The molecular formula is C22H20N4O2S. The Morgan fingerprint density at radius 2 is 1.93 bits per heavy atom. The van der Waals surface area contributed by atoms with Crippen LogP contribution in [0.2, 0.25) is 0 Å². The lowest BCUT2D eigenvalue weighted by Gasteiger charge is -2.02. The molecule has 0 atom stereocenters. The van der Waals surface area contributed by atoms with Gasteiger partial charge in [-0.3, -0.25) is 4.79 Å². The van der Waals surface area contributed by atoms with Gasteiger partial charge >= 0.3 is 0 Å². The maximum Gasteiger partial charge on any atom is 0.270 e. The molecule has 0 bridgehead atoms. The van der Waals surface area contributed by atoms with Gasteiger partial charge in [-0.05, 0) is 48.4 Å². The number of nitrogens with one attached hydrogen (secondary N) is 1. The van der Waals surface area contributed by atoms with E-state index in [-0.39, 0.29) is 5.91 Å². The van der Waals surface area contributed by atoms with Crippen molar-refractivity contribution in [1.82, 2.24) is 20.1 Å². The van der Waals surface area contributed by atoms with Crippen LogP contribution in [-0.4, -0.2) is 34.3 Å². The number of para-hydroxylation sites is 1. The molecule has 0 aliphatic rings. The van der Waals surface area contributed by atoms with Crippen molar-refractivity contribution >= 4 is 17.2 Å². The third kappa shape index (κ3) is 4.52. The molecule has 2 aromatic heterocycles. The molecule has 0 aliphatic carbocycles. The number of hydrogen-bond donors (Lipinski definition) is 1. The Morgan fingerprint density at radius 1 is 1.14 bits per heavy atom. The van der Waals surface area contributed by atoms with Crippen molar-refractivity contribution < 1.29 is 9.53 Å². The quantitative estimate of drug-likeness (QED) is 0.506. The van der Waals surface area contributed by atoms with Gasteiger partial charge < -0.3 is 10.1 Å². The number of nitrogens with zero attached hydrogens (tertiary/aromatic N) is 3. The van der Waals surface area contributed by atoms with Gasteiger partial charge in [-0.25, -0.2) is 9.67 Å². The van der Waals surface area contributed by atoms with Crippen molar-refractivity contribution in [2.75, 3.05) is 13.7 Å². The van der Waals surface area contributed by atoms with Crippen LogP contribution in [0, 0.1) is 0 Å². The van der Waals surface area contributed by atoms with E-state index < -0.39 is 0 Å². The van der Waals surface area contributed by atoms with Gasteiger partial charge in [0.1, 0.15) is 16.5 Å². The van der Waals surface area contributed by atoms with Crippen molar-refractivity contribution in [3.8, 4) is 22.0 Å². The van der Waals surface area contributed by atoms with Crippen molar-refractivity contribution in [3.63, 3.8) is 0 Å². The number of thiazole rings is 1. The summed E-state index contributed by atoms with van der Waals surface area (Å²) in [4.78, 5) is 16.9. The third-order valence-corrected chi connectivity index (χ3v) is 5.32. The van der Waals surface area contributed by atoms with E-state index in [1.807, 2.05) is 71.7 Å². The van der Waals surface area contributed by atoms with E-state index in [4.69, 9.17) is 4.74 Å². The molecule has 0 spiro atoms. The zero-order valence-electron chi connectivity index (χ0n) is 15.9. The molecule has 0 unspecified atom stereocenters. The van der Waals surface area contributed by atoms with Crippen LogP contribution in [-0.2, 0) is 6.42 Å². The van der Waals surface area contributed by atoms with Crippen LogP contribution in [0.1, 0.15) is 16.1 Å². The van der Waals surface area contributed by atoms with E-state index in [1.54, 1.807) is 12.5 Å². The van der Waals surface area contributed by atoms with Gasteiger partial charge in [0.05, 0.1) is 19.0 Å². The van der Waals surface area contributed by atoms with E-state index in [0.29, 0.717) is 18.7 Å². The summed E-state index contributed by atoms with van der Waals surface area (Å²) in [6.07, 6.45) is 4.50. The van der Waals surface area contributed by atoms with Gasteiger partial charge in [0, 0.05) is 23.7 Å². The zero-order chi connectivity index (χ0) is 20.1. The van der Waals surface area contributed by atoms with Crippen LogP contribution < -0.4 is 10.1 Å². The number of benzene rings is 2. The number of methoxy groups -OCH3 is 1. The minimum Gasteiger partial charge on any atom is -0.497 e. The summed E-state index contributed by atoms with van der Waals surface area (Å²) >= 11 is 1.45. The lowest BCUT2D eigenvalue weighted by molar-refractivity contribution is 0.0950. The molecule has 4 rings (SSSR count). The summed E-state index contributed by atoms with van der Waals surface area (Å²) in [6, 6.07) is 17.6. The first-order valence-electron chi connectivity index (χ1n) is 9.20. The van der Waals surface area contributed by atoms with Gasteiger partial charge in [-0.2, -0.15) is 5.10 Å². The molecule has 0 radical (unpaired) electrons. The molecule has 4 aromatic rings. The monoisotopic (exact) mass is 404 g/mol. The van der Waals surface area contributed by atoms with E-state index in [0.717, 1.165) is 27.6 Å². The molecule has 6 nitrogen and oxygen atoms in total. The van der Waals surface area contributed by atoms with Gasteiger partial charge in [0.2, 0.25) is 0 Å². The van der Waals surface area contributed by atoms with Crippen molar-refractivity contribution in [2.24, 2.45) is 0 Å². The molecule has 146 valence electrons. The summed E-state index contributed by atoms with van der Waals surface area (Å²) in [7, 11) is 1.63. The maximum absolute atomic E-state index is 12.4. The number of ether oxygens (including phenoxy) is 1. The van der Waals surface area contributed by atoms with Crippen LogP contribution in [0.4, 0.5) is 0 Å². The lowest BCUT2D eigenvalue weighted by Crippen LogP contribution is -2.25. The first-order valence-corrected chi connectivity index (χ1v) is 10.1. The van der Waals surface area contributed by atoms with Crippen molar-refractivity contribution in [1.29, 1.82) is 0 Å². The molecule has 7 heteroatoms. The first-order chi connectivity index (χ1) is 14.2. The highest BCUT2D eigenvalue weighted by atomic mass is 32.1. The third-order valence-electron chi connectivity index (χ3n) is 4.43. The maximum atomic E-state index is 12.4. The predicted molar refractivity (Wildman–Crippen MR) is 114 cm³/mol. The van der Waals surface area contributed by atoms with Gasteiger partial charge in [-0.15, -0.1) is 11.3 Å². The van der Waals surface area contributed by atoms with E-state index in [2.05, 4.69) is 15.4 Å². The molecule has 0 fully saturated rings. The molecule has 29 heavy (non-hydrogen) atoms. The minimum absolute atomic E-state index is 0.170. The van der Waals surface area contributed by atoms with Gasteiger partial charge in [0.25, 0.3) is 5.91 Å². The second-order valence-corrected chi connectivity index (χ2v) is 7.26. The Bertz CT molecular complexity index is 1090. The molecule has 2 heterocycles. The average molecular weight is 404 g/mol. The van der Waals surface area contributed by atoms with Crippen LogP contribution in [0.15, 0.2) is 72.4 Å². The van der Waals surface area contributed by atoms with Crippen LogP contribution in [0.3, 0.4) is 0 Å². The Labute approximate surface area is 172 Å². The molecule has 0 aliphatic heterocycles. The summed E-state index contributed by atoms with van der Waals surface area (Å²) < 4.78 is 7.00. The van der Waals surface area contributed by atoms with Gasteiger partial charge in [0.15, 0.2) is 0 Å². The Kier molecular flexibility index (Phi) is 5.67. The number of carbonyl (C=O) groups excluding carboxylic acids is 1. The largest absolute Gasteiger partial charge is 0.497 e. The van der Waals surface area contributed by atoms with Gasteiger partial charge in [-0.1, -0.05) is 18.2 Å². The zero-order valence-corrected chi connectivity index (χ0v) is 16.7. The average Bonchev–Trinajstić information content (AvgIpc) is 3.45. The topological polar surface area (TPSA) is 69.0 Å². The fourth-order valence-electron chi connectivity index (χ4n) is 2.87. The standard InChI is InChI=1S/C22H20N4O2S/c1-28-19-9-7-17(8-10-19)22-25-20(15-29-22)21(27)23-12-11-16-13-24-26(14-16)18-5-3-2-4-6-18/h2-10,13-15H,11-12H2,1H3,(H,23,27). The highest BCUT2D eigenvalue weighted by Gasteiger charge is 2.12. The predicted octanol–water partition coefficient (Wildman–Crippen LogP) is 3.98. The molecule has 1 amide bonds. The number of amides is 1. The van der Waals surface area contributed by atoms with Crippen LogP contribution in [0.25, 0.3) is 16.3 Å². The highest BCUT2D eigenvalue weighted by molar-refractivity contribution is 7.13. The number of carbonyl (C=O) groups is 1. The molecule has 1 N–H and O–H groups in total. The minimum atomic E-state index is -0.170.